The number of benzene rings is 2. The van der Waals surface area contributed by atoms with Gasteiger partial charge in [0.2, 0.25) is 0 Å². The molecule has 1 amide bonds. The lowest BCUT2D eigenvalue weighted by Crippen LogP contribution is -2.33. The zero-order valence-corrected chi connectivity index (χ0v) is 16.1. The summed E-state index contributed by atoms with van der Waals surface area (Å²) in [7, 11) is 0. The second-order valence-corrected chi connectivity index (χ2v) is 7.67. The predicted molar refractivity (Wildman–Crippen MR) is 107 cm³/mol. The van der Waals surface area contributed by atoms with Crippen molar-refractivity contribution in [3.8, 4) is 0 Å². The van der Waals surface area contributed by atoms with Crippen molar-refractivity contribution in [1.82, 2.24) is 14.5 Å². The highest BCUT2D eigenvalue weighted by atomic mass is 35.5. The monoisotopic (exact) mass is 397 g/mol. The topological polar surface area (TPSA) is 38.1 Å². The number of rotatable bonds is 7. The van der Waals surface area contributed by atoms with Gasteiger partial charge in [-0.05, 0) is 60.7 Å². The second kappa shape index (κ2) is 8.15. The van der Waals surface area contributed by atoms with Gasteiger partial charge < -0.3 is 9.47 Å². The van der Waals surface area contributed by atoms with Crippen molar-refractivity contribution in [1.29, 1.82) is 0 Å². The highest BCUT2D eigenvalue weighted by Gasteiger charge is 2.28. The van der Waals surface area contributed by atoms with Crippen molar-refractivity contribution in [2.24, 2.45) is 5.92 Å². The van der Waals surface area contributed by atoms with Gasteiger partial charge in [-0.1, -0.05) is 23.7 Å². The summed E-state index contributed by atoms with van der Waals surface area (Å²) in [6.45, 7) is 1.75. The number of aromatic nitrogens is 2. The summed E-state index contributed by atoms with van der Waals surface area (Å²) in [5.74, 6) is 0.920. The molecule has 4 rings (SSSR count). The van der Waals surface area contributed by atoms with Crippen LogP contribution in [0.25, 0.3) is 0 Å². The van der Waals surface area contributed by atoms with E-state index in [-0.39, 0.29) is 11.7 Å². The third kappa shape index (κ3) is 4.60. The summed E-state index contributed by atoms with van der Waals surface area (Å²) in [6, 6.07) is 13.4. The number of hydrogen-bond acceptors (Lipinski definition) is 2. The number of carbonyl (C=O) groups excluding carboxylic acids is 1. The van der Waals surface area contributed by atoms with Crippen LogP contribution in [0.2, 0.25) is 5.02 Å². The fourth-order valence-corrected chi connectivity index (χ4v) is 3.46. The summed E-state index contributed by atoms with van der Waals surface area (Å²) >= 11 is 6.09. The highest BCUT2D eigenvalue weighted by molar-refractivity contribution is 6.30. The third-order valence-corrected chi connectivity index (χ3v) is 5.16. The van der Waals surface area contributed by atoms with E-state index in [1.54, 1.807) is 6.20 Å². The van der Waals surface area contributed by atoms with Gasteiger partial charge in [0.15, 0.2) is 0 Å². The molecule has 0 bridgehead atoms. The van der Waals surface area contributed by atoms with E-state index in [1.807, 2.05) is 39.9 Å². The molecule has 28 heavy (non-hydrogen) atoms. The van der Waals surface area contributed by atoms with Crippen molar-refractivity contribution < 1.29 is 9.18 Å². The smallest absolute Gasteiger partial charge is 0.254 e. The molecule has 0 aliphatic heterocycles. The van der Waals surface area contributed by atoms with Gasteiger partial charge >= 0.3 is 0 Å². The molecule has 0 radical (unpaired) electrons. The largest absolute Gasteiger partial charge is 0.331 e. The molecule has 144 valence electrons. The minimum atomic E-state index is -0.345. The van der Waals surface area contributed by atoms with Gasteiger partial charge in [-0.3, -0.25) is 4.79 Å². The highest BCUT2D eigenvalue weighted by Crippen LogP contribution is 2.30. The Labute approximate surface area is 168 Å². The number of nitrogens with zero attached hydrogens (tertiary/aromatic N) is 3. The van der Waals surface area contributed by atoms with Gasteiger partial charge in [-0.25, -0.2) is 9.37 Å². The van der Waals surface area contributed by atoms with Gasteiger partial charge in [-0.2, -0.15) is 0 Å². The molecule has 1 aliphatic carbocycles. The molecule has 3 aromatic rings. The standard InChI is InChI=1S/C22H21ClFN3O/c23-19-3-1-2-17(12-19)14-26-11-10-25-21(26)15-27(13-16-4-5-16)22(28)18-6-8-20(24)9-7-18/h1-3,6-12,16H,4-5,13-15H2. The first-order chi connectivity index (χ1) is 13.6. The fraction of sp³-hybridized carbons (Fsp3) is 0.273. The maximum absolute atomic E-state index is 13.2. The van der Waals surface area contributed by atoms with Crippen LogP contribution in [0.3, 0.4) is 0 Å². The first-order valence-electron chi connectivity index (χ1n) is 9.38. The van der Waals surface area contributed by atoms with Gasteiger partial charge in [0.05, 0.1) is 6.54 Å². The molecule has 1 aromatic heterocycles. The molecule has 6 heteroatoms. The summed E-state index contributed by atoms with van der Waals surface area (Å²) in [5, 5.41) is 0.695. The van der Waals surface area contributed by atoms with E-state index < -0.39 is 0 Å². The molecule has 4 nitrogen and oxygen atoms in total. The molecule has 2 aromatic carbocycles. The van der Waals surface area contributed by atoms with Gasteiger partial charge in [0.25, 0.3) is 5.91 Å². The van der Waals surface area contributed by atoms with Crippen molar-refractivity contribution >= 4 is 17.5 Å². The van der Waals surface area contributed by atoms with Crippen LogP contribution in [0, 0.1) is 11.7 Å². The quantitative estimate of drug-likeness (QED) is 0.575. The molecule has 1 aliphatic rings. The van der Waals surface area contributed by atoms with Crippen LogP contribution in [0.1, 0.15) is 34.6 Å². The molecule has 0 atom stereocenters. The zero-order valence-electron chi connectivity index (χ0n) is 15.4. The van der Waals surface area contributed by atoms with E-state index in [0.29, 0.717) is 36.1 Å². The van der Waals surface area contributed by atoms with Crippen molar-refractivity contribution in [3.63, 3.8) is 0 Å². The molecule has 0 unspecified atom stereocenters. The molecule has 0 spiro atoms. The summed E-state index contributed by atoms with van der Waals surface area (Å²) in [4.78, 5) is 19.3. The Morgan fingerprint density at radius 2 is 2.00 bits per heavy atom. The van der Waals surface area contributed by atoms with E-state index >= 15 is 0 Å². The van der Waals surface area contributed by atoms with Crippen LogP contribution in [0.4, 0.5) is 4.39 Å². The number of hydrogen-bond donors (Lipinski definition) is 0. The summed E-state index contributed by atoms with van der Waals surface area (Å²) < 4.78 is 15.2. The number of amides is 1. The lowest BCUT2D eigenvalue weighted by atomic mass is 10.2. The maximum atomic E-state index is 13.2. The van der Waals surface area contributed by atoms with Gasteiger partial charge in [-0.15, -0.1) is 0 Å². The van der Waals surface area contributed by atoms with Crippen LogP contribution in [-0.2, 0) is 13.1 Å². The van der Waals surface area contributed by atoms with E-state index in [0.717, 1.165) is 24.2 Å². The van der Waals surface area contributed by atoms with E-state index in [2.05, 4.69) is 4.98 Å². The van der Waals surface area contributed by atoms with Gasteiger partial charge in [0, 0.05) is 36.1 Å². The van der Waals surface area contributed by atoms with E-state index in [4.69, 9.17) is 11.6 Å². The molecule has 0 N–H and O–H groups in total. The second-order valence-electron chi connectivity index (χ2n) is 7.24. The lowest BCUT2D eigenvalue weighted by molar-refractivity contribution is 0.0728. The Bertz CT molecular complexity index is 966. The van der Waals surface area contributed by atoms with Crippen molar-refractivity contribution in [3.05, 3.63) is 88.7 Å². The van der Waals surface area contributed by atoms with E-state index in [1.165, 1.54) is 24.3 Å². The first-order valence-corrected chi connectivity index (χ1v) is 9.75. The van der Waals surface area contributed by atoms with E-state index in [9.17, 15) is 9.18 Å². The minimum Gasteiger partial charge on any atom is -0.331 e. The Hall–Kier alpha value is -2.66. The molecular weight excluding hydrogens is 377 g/mol. The summed E-state index contributed by atoms with van der Waals surface area (Å²) in [6.07, 6.45) is 5.94. The lowest BCUT2D eigenvalue weighted by Gasteiger charge is -2.23. The van der Waals surface area contributed by atoms with Crippen LogP contribution in [0.15, 0.2) is 60.9 Å². The normalized spacial score (nSPS) is 13.5. The average Bonchev–Trinajstić information content (AvgIpc) is 3.40. The van der Waals surface area contributed by atoms with Crippen molar-refractivity contribution in [2.45, 2.75) is 25.9 Å². The first kappa shape index (κ1) is 18.7. The number of imidazole rings is 1. The Kier molecular flexibility index (Phi) is 5.44. The molecule has 0 saturated heterocycles. The summed E-state index contributed by atoms with van der Waals surface area (Å²) in [5.41, 5.74) is 1.57. The SMILES string of the molecule is O=C(c1ccc(F)cc1)N(Cc1nccn1Cc1cccc(Cl)c1)CC1CC1. The fourth-order valence-electron chi connectivity index (χ4n) is 3.24. The number of halogens is 2. The molecule has 1 heterocycles. The minimum absolute atomic E-state index is 0.0933. The zero-order chi connectivity index (χ0) is 19.5. The Morgan fingerprint density at radius 1 is 1.21 bits per heavy atom. The third-order valence-electron chi connectivity index (χ3n) is 4.93. The Balaban J connectivity index is 1.53. The number of carbonyl (C=O) groups is 1. The average molecular weight is 398 g/mol. The van der Waals surface area contributed by atoms with Gasteiger partial charge in [0.1, 0.15) is 11.6 Å². The Morgan fingerprint density at radius 3 is 2.71 bits per heavy atom. The van der Waals surface area contributed by atoms with Crippen LogP contribution in [-0.4, -0.2) is 26.9 Å². The van der Waals surface area contributed by atoms with Crippen LogP contribution < -0.4 is 0 Å². The molecule has 1 saturated carbocycles. The molecule has 1 fully saturated rings. The predicted octanol–water partition coefficient (Wildman–Crippen LogP) is 4.78. The van der Waals surface area contributed by atoms with Crippen molar-refractivity contribution in [2.75, 3.05) is 6.54 Å². The maximum Gasteiger partial charge on any atom is 0.254 e. The van der Waals surface area contributed by atoms with Crippen LogP contribution in [0.5, 0.6) is 0 Å². The molecular formula is C22H21ClFN3O. The van der Waals surface area contributed by atoms with Crippen LogP contribution >= 0.6 is 11.6 Å².